The van der Waals surface area contributed by atoms with E-state index in [1.807, 2.05) is 0 Å². The minimum absolute atomic E-state index is 0.175. The Hall–Kier alpha value is -3.38. The van der Waals surface area contributed by atoms with Gasteiger partial charge in [0.1, 0.15) is 17.1 Å². The molecule has 3 aromatic rings. The average Bonchev–Trinajstić information content (AvgIpc) is 3.40. The van der Waals surface area contributed by atoms with E-state index < -0.39 is 0 Å². The van der Waals surface area contributed by atoms with Gasteiger partial charge in [0, 0.05) is 42.5 Å². The van der Waals surface area contributed by atoms with Crippen LogP contribution in [-0.4, -0.2) is 73.2 Å². The molecule has 2 saturated heterocycles. The highest BCUT2D eigenvalue weighted by Crippen LogP contribution is 2.45. The Morgan fingerprint density at radius 2 is 1.77 bits per heavy atom. The summed E-state index contributed by atoms with van der Waals surface area (Å²) in [5.74, 6) is 0.646. The third-order valence-electron chi connectivity index (χ3n) is 7.08. The zero-order valence-electron chi connectivity index (χ0n) is 22.0. The first-order chi connectivity index (χ1) is 19.4. The van der Waals surface area contributed by atoms with Gasteiger partial charge in [0.25, 0.3) is 5.56 Å². The van der Waals surface area contributed by atoms with Crippen molar-refractivity contribution in [3.8, 4) is 22.6 Å². The fourth-order valence-corrected chi connectivity index (χ4v) is 5.72. The first-order valence-corrected chi connectivity index (χ1v) is 13.5. The number of methoxy groups -OCH3 is 2. The van der Waals surface area contributed by atoms with Gasteiger partial charge in [0.15, 0.2) is 0 Å². The van der Waals surface area contributed by atoms with E-state index in [0.717, 1.165) is 0 Å². The number of benzene rings is 1. The van der Waals surface area contributed by atoms with E-state index in [1.54, 1.807) is 22.9 Å². The van der Waals surface area contributed by atoms with Gasteiger partial charge in [-0.15, -0.1) is 0 Å². The number of amides is 1. The van der Waals surface area contributed by atoms with E-state index in [1.165, 1.54) is 20.3 Å². The zero-order valence-corrected chi connectivity index (χ0v) is 23.6. The highest BCUT2D eigenvalue weighted by atomic mass is 35.5. The standard InChI is InChI=1S/C27H29Cl2N5O6/c1-4-21(35)31-17-12-40-13-18(17)32-27-30-11-14-9-16(22-23(28)19(37-2)10-20(38-3)24(22)29)26(36)34(25(14)33-27)15-5-7-39-8-6-15/h4,9-11,15,17-18H,1,5-8,12-13H2,2-3H3,(H,31,35)(H,30,32,33)/t17-,18+/m0/s1. The van der Waals surface area contributed by atoms with Crippen LogP contribution in [0.5, 0.6) is 11.5 Å². The molecule has 2 aliphatic heterocycles. The zero-order chi connectivity index (χ0) is 28.4. The smallest absolute Gasteiger partial charge is 0.260 e. The fraction of sp³-hybridized carbons (Fsp3) is 0.407. The Bertz CT molecular complexity index is 1480. The summed E-state index contributed by atoms with van der Waals surface area (Å²) in [5.41, 5.74) is 0.708. The molecule has 0 aliphatic carbocycles. The first kappa shape index (κ1) is 28.2. The van der Waals surface area contributed by atoms with Crippen molar-refractivity contribution in [2.45, 2.75) is 31.0 Å². The molecule has 40 heavy (non-hydrogen) atoms. The number of carbonyl (C=O) groups excluding carboxylic acids is 1. The molecule has 212 valence electrons. The summed E-state index contributed by atoms with van der Waals surface area (Å²) in [6, 6.07) is 2.51. The van der Waals surface area contributed by atoms with Crippen LogP contribution in [0.4, 0.5) is 5.95 Å². The second kappa shape index (κ2) is 12.0. The molecule has 0 radical (unpaired) electrons. The van der Waals surface area contributed by atoms with Crippen molar-refractivity contribution in [2.24, 2.45) is 0 Å². The summed E-state index contributed by atoms with van der Waals surface area (Å²) in [7, 11) is 2.95. The molecule has 4 heterocycles. The van der Waals surface area contributed by atoms with E-state index in [4.69, 9.17) is 47.1 Å². The van der Waals surface area contributed by atoms with Gasteiger partial charge in [0.2, 0.25) is 11.9 Å². The number of nitrogens with zero attached hydrogens (tertiary/aromatic N) is 3. The number of fused-ring (bicyclic) bond motifs is 1. The van der Waals surface area contributed by atoms with Crippen LogP contribution in [0.3, 0.4) is 0 Å². The Labute approximate surface area is 240 Å². The number of rotatable bonds is 8. The van der Waals surface area contributed by atoms with Crippen LogP contribution in [0, 0.1) is 0 Å². The summed E-state index contributed by atoms with van der Waals surface area (Å²) in [6.45, 7) is 5.21. The number of hydrogen-bond donors (Lipinski definition) is 2. The molecule has 2 N–H and O–H groups in total. The molecular formula is C27H29Cl2N5O6. The summed E-state index contributed by atoms with van der Waals surface area (Å²) in [4.78, 5) is 35.3. The lowest BCUT2D eigenvalue weighted by Crippen LogP contribution is -2.45. The molecule has 1 amide bonds. The topological polar surface area (TPSA) is 126 Å². The number of carbonyl (C=O) groups is 1. The van der Waals surface area contributed by atoms with Crippen molar-refractivity contribution in [3.05, 3.63) is 51.4 Å². The van der Waals surface area contributed by atoms with Crippen LogP contribution in [0.2, 0.25) is 10.0 Å². The average molecular weight is 590 g/mol. The van der Waals surface area contributed by atoms with E-state index in [2.05, 4.69) is 22.2 Å². The van der Waals surface area contributed by atoms with E-state index in [-0.39, 0.29) is 45.2 Å². The van der Waals surface area contributed by atoms with Crippen molar-refractivity contribution in [3.63, 3.8) is 0 Å². The molecule has 2 atom stereocenters. The number of ether oxygens (including phenoxy) is 4. The summed E-state index contributed by atoms with van der Waals surface area (Å²) < 4.78 is 23.6. The molecule has 1 aromatic carbocycles. The van der Waals surface area contributed by atoms with Crippen molar-refractivity contribution in [1.82, 2.24) is 19.9 Å². The van der Waals surface area contributed by atoms with Gasteiger partial charge in [0.05, 0.1) is 55.1 Å². The van der Waals surface area contributed by atoms with Crippen LogP contribution < -0.4 is 25.7 Å². The van der Waals surface area contributed by atoms with Crippen molar-refractivity contribution in [1.29, 1.82) is 0 Å². The maximum Gasteiger partial charge on any atom is 0.260 e. The van der Waals surface area contributed by atoms with Crippen molar-refractivity contribution < 1.29 is 23.7 Å². The number of nitrogens with one attached hydrogen (secondary N) is 2. The SMILES string of the molecule is C=CC(=O)N[C@H]1COC[C@H]1Nc1ncc2cc(-c3c(Cl)c(OC)cc(OC)c3Cl)c(=O)n(C3CCOCC3)c2n1. The predicted octanol–water partition coefficient (Wildman–Crippen LogP) is 3.62. The van der Waals surface area contributed by atoms with Crippen molar-refractivity contribution in [2.75, 3.05) is 46.0 Å². The Morgan fingerprint density at radius 3 is 2.42 bits per heavy atom. The van der Waals surface area contributed by atoms with Gasteiger partial charge in [-0.3, -0.25) is 14.2 Å². The molecule has 2 aliphatic rings. The Balaban J connectivity index is 1.64. The maximum atomic E-state index is 14.2. The lowest BCUT2D eigenvalue weighted by atomic mass is 10.0. The van der Waals surface area contributed by atoms with Gasteiger partial charge in [-0.25, -0.2) is 4.98 Å². The summed E-state index contributed by atoms with van der Waals surface area (Å²) >= 11 is 13.4. The lowest BCUT2D eigenvalue weighted by Gasteiger charge is -2.26. The Kier molecular flexibility index (Phi) is 8.46. The fourth-order valence-electron chi connectivity index (χ4n) is 5.02. The quantitative estimate of drug-likeness (QED) is 0.379. The van der Waals surface area contributed by atoms with Crippen molar-refractivity contribution >= 4 is 46.1 Å². The van der Waals surface area contributed by atoms with Gasteiger partial charge >= 0.3 is 0 Å². The monoisotopic (exact) mass is 589 g/mol. The minimum Gasteiger partial charge on any atom is -0.495 e. The minimum atomic E-state index is -0.316. The number of hydrogen-bond acceptors (Lipinski definition) is 9. The largest absolute Gasteiger partial charge is 0.495 e. The molecule has 5 rings (SSSR count). The van der Waals surface area contributed by atoms with Gasteiger partial charge in [-0.1, -0.05) is 29.8 Å². The van der Waals surface area contributed by atoms with E-state index >= 15 is 0 Å². The van der Waals surface area contributed by atoms with Crippen LogP contribution in [-0.2, 0) is 14.3 Å². The molecule has 2 aromatic heterocycles. The third-order valence-corrected chi connectivity index (χ3v) is 7.83. The van der Waals surface area contributed by atoms with Crippen LogP contribution in [0.1, 0.15) is 18.9 Å². The summed E-state index contributed by atoms with van der Waals surface area (Å²) in [6.07, 6.45) is 4.10. The van der Waals surface area contributed by atoms with Gasteiger partial charge in [-0.05, 0) is 25.0 Å². The highest BCUT2D eigenvalue weighted by molar-refractivity contribution is 6.41. The number of pyridine rings is 1. The predicted molar refractivity (Wildman–Crippen MR) is 152 cm³/mol. The van der Waals surface area contributed by atoms with E-state index in [9.17, 15) is 9.59 Å². The molecule has 0 bridgehead atoms. The van der Waals surface area contributed by atoms with Crippen LogP contribution in [0.15, 0.2) is 35.8 Å². The molecule has 0 unspecified atom stereocenters. The number of aromatic nitrogens is 3. The second-order valence-corrected chi connectivity index (χ2v) is 10.2. The molecular weight excluding hydrogens is 561 g/mol. The molecule has 11 nitrogen and oxygen atoms in total. The first-order valence-electron chi connectivity index (χ1n) is 12.7. The molecule has 0 saturated carbocycles. The van der Waals surface area contributed by atoms with Crippen LogP contribution in [0.25, 0.3) is 22.2 Å². The van der Waals surface area contributed by atoms with Gasteiger partial charge in [-0.2, -0.15) is 4.98 Å². The van der Waals surface area contributed by atoms with E-state index in [0.29, 0.717) is 73.3 Å². The maximum absolute atomic E-state index is 14.2. The highest BCUT2D eigenvalue weighted by Gasteiger charge is 2.31. The number of halogens is 2. The third kappa shape index (κ3) is 5.34. The molecule has 0 spiro atoms. The molecule has 13 heteroatoms. The van der Waals surface area contributed by atoms with Crippen LogP contribution >= 0.6 is 23.2 Å². The normalized spacial score (nSPS) is 19.4. The molecule has 2 fully saturated rings. The lowest BCUT2D eigenvalue weighted by molar-refractivity contribution is -0.117. The Morgan fingerprint density at radius 1 is 1.10 bits per heavy atom. The van der Waals surface area contributed by atoms with Gasteiger partial charge < -0.3 is 29.6 Å². The second-order valence-electron chi connectivity index (χ2n) is 9.44. The summed E-state index contributed by atoms with van der Waals surface area (Å²) in [5, 5.41) is 7.09. The number of anilines is 1.